The van der Waals surface area contributed by atoms with Gasteiger partial charge in [-0.2, -0.15) is 0 Å². The second kappa shape index (κ2) is 10.9. The zero-order valence-electron chi connectivity index (χ0n) is 20.9. The Labute approximate surface area is 197 Å². The number of allylic oxidation sites excluding steroid dienone is 4. The highest BCUT2D eigenvalue weighted by molar-refractivity contribution is 5.99. The van der Waals surface area contributed by atoms with Gasteiger partial charge in [0.1, 0.15) is 13.2 Å². The molecule has 0 aromatic rings. The molecule has 0 aromatic heterocycles. The van der Waals surface area contributed by atoms with Gasteiger partial charge >= 0.3 is 11.9 Å². The molecule has 0 spiro atoms. The molecule has 0 saturated carbocycles. The Bertz CT molecular complexity index is 882. The Morgan fingerprint density at radius 2 is 1.58 bits per heavy atom. The van der Waals surface area contributed by atoms with E-state index in [-0.39, 0.29) is 29.0 Å². The molecule has 0 radical (unpaired) electrons. The van der Waals surface area contributed by atoms with Crippen molar-refractivity contribution < 1.29 is 33.4 Å². The lowest BCUT2D eigenvalue weighted by Gasteiger charge is -2.52. The summed E-state index contributed by atoms with van der Waals surface area (Å²) in [6.07, 6.45) is 12.6. The number of quaternary nitrogens is 1. The first-order valence-corrected chi connectivity index (χ1v) is 11.0. The van der Waals surface area contributed by atoms with Crippen molar-refractivity contribution in [2.75, 3.05) is 27.2 Å². The molecule has 182 valence electrons. The smallest absolute Gasteiger partial charge is 0.347 e. The Balaban J connectivity index is 3.86. The molecule has 0 bridgehead atoms. The van der Waals surface area contributed by atoms with Gasteiger partial charge in [0.2, 0.25) is 0 Å². The second-order valence-electron chi connectivity index (χ2n) is 8.80. The minimum atomic E-state index is -2.10. The van der Waals surface area contributed by atoms with Crippen molar-refractivity contribution in [3.8, 4) is 0 Å². The normalized spacial score (nSPS) is 29.2. The molecule has 2 atom stereocenters. The lowest BCUT2D eigenvalue weighted by molar-refractivity contribution is -0.962. The number of rotatable bonds is 9. The van der Waals surface area contributed by atoms with Crippen LogP contribution in [0.5, 0.6) is 0 Å². The number of aliphatic hydroxyl groups is 1. The maximum Gasteiger partial charge on any atom is 0.347 e. The van der Waals surface area contributed by atoms with Crippen LogP contribution in [-0.4, -0.2) is 65.9 Å². The highest BCUT2D eigenvalue weighted by atomic mass is 16.6. The van der Waals surface area contributed by atoms with Crippen molar-refractivity contribution in [1.82, 2.24) is 0 Å². The molecule has 33 heavy (non-hydrogen) atoms. The number of hydrogen-bond acceptors (Lipinski definition) is 6. The maximum absolute atomic E-state index is 13.9. The summed E-state index contributed by atoms with van der Waals surface area (Å²) in [4.78, 5) is 39.1. The molecule has 2 unspecified atom stereocenters. The van der Waals surface area contributed by atoms with Crippen LogP contribution >= 0.6 is 0 Å². The van der Waals surface area contributed by atoms with Gasteiger partial charge in [-0.15, -0.1) is 0 Å². The Hall–Kier alpha value is -2.77. The van der Waals surface area contributed by atoms with E-state index < -0.39 is 35.1 Å². The van der Waals surface area contributed by atoms with Gasteiger partial charge in [-0.25, -0.2) is 9.59 Å². The van der Waals surface area contributed by atoms with Crippen molar-refractivity contribution >= 4 is 17.7 Å². The highest BCUT2D eigenvalue weighted by Gasteiger charge is 2.68. The fourth-order valence-corrected chi connectivity index (χ4v) is 4.27. The van der Waals surface area contributed by atoms with Crippen LogP contribution in [0.3, 0.4) is 0 Å². The molecule has 7 heteroatoms. The van der Waals surface area contributed by atoms with Crippen LogP contribution in [0.4, 0.5) is 0 Å². The molecule has 1 saturated heterocycles. The van der Waals surface area contributed by atoms with E-state index in [2.05, 4.69) is 6.58 Å². The van der Waals surface area contributed by atoms with Crippen molar-refractivity contribution in [2.24, 2.45) is 5.41 Å². The van der Waals surface area contributed by atoms with Gasteiger partial charge in [0.15, 0.2) is 16.8 Å². The monoisotopic (exact) mass is 460 g/mol. The summed E-state index contributed by atoms with van der Waals surface area (Å²) in [6, 6.07) is 0. The van der Waals surface area contributed by atoms with E-state index in [1.165, 1.54) is 12.2 Å². The van der Waals surface area contributed by atoms with E-state index in [0.29, 0.717) is 0 Å². The number of nitrogens with zero attached hydrogens (tertiary/aromatic N) is 1. The van der Waals surface area contributed by atoms with Crippen molar-refractivity contribution in [3.05, 3.63) is 60.8 Å². The molecule has 1 fully saturated rings. The zero-order chi connectivity index (χ0) is 25.5. The number of Topliss-reactive ketones (excluding diaryl/α,β-unsaturated/α-hetero) is 1. The molecular weight excluding hydrogens is 422 g/mol. The Morgan fingerprint density at radius 3 is 2.03 bits per heavy atom. The molecule has 0 aliphatic carbocycles. The minimum absolute atomic E-state index is 0.00459. The molecule has 1 N–H and O–H groups in total. The number of carbonyl (C=O) groups excluding carboxylic acids is 3. The molecule has 0 amide bonds. The predicted octanol–water partition coefficient (Wildman–Crippen LogP) is 3.42. The summed E-state index contributed by atoms with van der Waals surface area (Å²) >= 11 is 0. The molecule has 1 aliphatic heterocycles. The van der Waals surface area contributed by atoms with E-state index >= 15 is 0 Å². The molecule has 1 rings (SSSR count). The van der Waals surface area contributed by atoms with Crippen LogP contribution in [-0.2, 0) is 23.9 Å². The number of carbonyl (C=O) groups is 3. The van der Waals surface area contributed by atoms with E-state index in [9.17, 15) is 19.5 Å². The van der Waals surface area contributed by atoms with Crippen LogP contribution in [0.15, 0.2) is 60.8 Å². The molecule has 0 aromatic carbocycles. The van der Waals surface area contributed by atoms with Crippen LogP contribution in [0.25, 0.3) is 0 Å². The first kappa shape index (κ1) is 28.3. The number of likely N-dealkylation sites (N-methyl/N-ethyl adjacent to an activating group) is 1. The van der Waals surface area contributed by atoms with Gasteiger partial charge in [-0.05, 0) is 40.7 Å². The fourth-order valence-electron chi connectivity index (χ4n) is 4.27. The average molecular weight is 461 g/mol. The van der Waals surface area contributed by atoms with E-state index in [4.69, 9.17) is 9.47 Å². The van der Waals surface area contributed by atoms with Crippen molar-refractivity contribution in [1.29, 1.82) is 0 Å². The third-order valence-corrected chi connectivity index (χ3v) is 5.91. The molecule has 7 nitrogen and oxygen atoms in total. The topological polar surface area (TPSA) is 89.9 Å². The second-order valence-corrected chi connectivity index (χ2v) is 8.80. The third-order valence-electron chi connectivity index (χ3n) is 5.91. The lowest BCUT2D eigenvalue weighted by atomic mass is 9.69. The predicted molar refractivity (Wildman–Crippen MR) is 128 cm³/mol. The van der Waals surface area contributed by atoms with Crippen LogP contribution in [0, 0.1) is 5.41 Å². The number of hydrogen-bond donors (Lipinski definition) is 1. The third kappa shape index (κ3) is 5.25. The summed E-state index contributed by atoms with van der Waals surface area (Å²) in [5, 5.41) is 11.1. The first-order chi connectivity index (χ1) is 15.3. The first-order valence-electron chi connectivity index (χ1n) is 11.0. The van der Waals surface area contributed by atoms with Crippen LogP contribution < -0.4 is 0 Å². The zero-order valence-corrected chi connectivity index (χ0v) is 20.9. The standard InChI is InChI=1S/C26H38NO6/c1-9-13-24(14-10-2)21(28)19-25(31,15-11-3)23(30)33-26(24,16-12-4)27(7,8)17-18-32-22(29)20(5)6/h9-16,31H,5,17-19H2,1-4,6-8H3/q+1. The Kier molecular flexibility index (Phi) is 9.33. The SMILES string of the molecule is C=C(C)C(=O)OCC[N+](C)(C)C1(C=CC)OC(=O)C(O)(C=CC)CC(=O)C1(C=CC)C=CC. The van der Waals surface area contributed by atoms with E-state index in [1.54, 1.807) is 85.2 Å². The largest absolute Gasteiger partial charge is 0.456 e. The van der Waals surface area contributed by atoms with E-state index in [0.717, 1.165) is 0 Å². The molecule has 1 heterocycles. The van der Waals surface area contributed by atoms with Crippen LogP contribution in [0.2, 0.25) is 0 Å². The van der Waals surface area contributed by atoms with Gasteiger partial charge in [0, 0.05) is 11.6 Å². The number of ether oxygens (including phenoxy) is 2. The summed E-state index contributed by atoms with van der Waals surface area (Å²) in [5.74, 6) is -1.83. The summed E-state index contributed by atoms with van der Waals surface area (Å²) < 4.78 is 11.4. The number of ketones is 1. The molecule has 1 aliphatic rings. The summed E-state index contributed by atoms with van der Waals surface area (Å²) in [6.45, 7) is 12.3. The van der Waals surface area contributed by atoms with Crippen molar-refractivity contribution in [3.63, 3.8) is 0 Å². The van der Waals surface area contributed by atoms with Gasteiger partial charge in [0.05, 0.1) is 20.5 Å². The quantitative estimate of drug-likeness (QED) is 0.245. The summed E-state index contributed by atoms with van der Waals surface area (Å²) in [7, 11) is 3.58. The van der Waals surface area contributed by atoms with Gasteiger partial charge < -0.3 is 14.6 Å². The highest BCUT2D eigenvalue weighted by Crippen LogP contribution is 2.49. The molecular formula is C26H38NO6+. The van der Waals surface area contributed by atoms with Gasteiger partial charge in [-0.1, -0.05) is 43.0 Å². The number of esters is 2. The van der Waals surface area contributed by atoms with Crippen molar-refractivity contribution in [2.45, 2.75) is 52.4 Å². The van der Waals surface area contributed by atoms with Crippen LogP contribution in [0.1, 0.15) is 41.0 Å². The average Bonchev–Trinajstić information content (AvgIpc) is 2.78. The number of cyclic esters (lactones) is 1. The maximum atomic E-state index is 13.9. The minimum Gasteiger partial charge on any atom is -0.456 e. The van der Waals surface area contributed by atoms with Gasteiger partial charge in [0.25, 0.3) is 5.72 Å². The van der Waals surface area contributed by atoms with Gasteiger partial charge in [-0.3, -0.25) is 9.28 Å². The Morgan fingerprint density at radius 1 is 1.06 bits per heavy atom. The van der Waals surface area contributed by atoms with E-state index in [1.807, 2.05) is 0 Å². The summed E-state index contributed by atoms with van der Waals surface area (Å²) in [5.41, 5.74) is -4.83. The fraction of sp³-hybridized carbons (Fsp3) is 0.500. The lowest BCUT2D eigenvalue weighted by Crippen LogP contribution is -2.70.